The van der Waals surface area contributed by atoms with E-state index in [1.165, 1.54) is 20.3 Å². The van der Waals surface area contributed by atoms with Gasteiger partial charge < -0.3 is 9.47 Å². The van der Waals surface area contributed by atoms with Crippen molar-refractivity contribution in [3.05, 3.63) is 70.8 Å². The molecular formula is C24H28N2O6S2. The van der Waals surface area contributed by atoms with E-state index in [0.717, 1.165) is 28.3 Å². The van der Waals surface area contributed by atoms with Gasteiger partial charge in [0.15, 0.2) is 0 Å². The van der Waals surface area contributed by atoms with Crippen LogP contribution in [0, 0.1) is 27.7 Å². The average molecular weight is 505 g/mol. The summed E-state index contributed by atoms with van der Waals surface area (Å²) >= 11 is 0. The number of anilines is 2. The summed E-state index contributed by atoms with van der Waals surface area (Å²) in [7, 11) is -5.84. The van der Waals surface area contributed by atoms with Gasteiger partial charge in [0.05, 0.1) is 25.6 Å². The quantitative estimate of drug-likeness (QED) is 0.466. The monoisotopic (exact) mass is 504 g/mol. The van der Waals surface area contributed by atoms with Crippen LogP contribution in [-0.4, -0.2) is 31.1 Å². The minimum Gasteiger partial charge on any atom is -0.495 e. The Morgan fingerprint density at radius 1 is 0.588 bits per heavy atom. The molecule has 0 saturated heterocycles. The first-order chi connectivity index (χ1) is 15.9. The number of hydrogen-bond acceptors (Lipinski definition) is 6. The number of para-hydroxylation sites is 2. The van der Waals surface area contributed by atoms with Crippen LogP contribution in [0.5, 0.6) is 11.5 Å². The summed E-state index contributed by atoms with van der Waals surface area (Å²) in [6, 6.07) is 13.0. The first-order valence-corrected chi connectivity index (χ1v) is 13.3. The lowest BCUT2D eigenvalue weighted by Gasteiger charge is -2.19. The molecule has 0 radical (unpaired) electrons. The standard InChI is InChI=1S/C24H28N2O6S2/c1-15-9-7-10-16(2)23(15)25-33(27,28)21-14-22(20(32-6)13-19(21)31-5)34(29,30)26-24-17(3)11-8-12-18(24)4/h7-14,25-26H,1-6H3. The van der Waals surface area contributed by atoms with Crippen molar-refractivity contribution in [2.45, 2.75) is 37.5 Å². The van der Waals surface area contributed by atoms with Crippen LogP contribution in [-0.2, 0) is 20.0 Å². The number of nitrogens with one attached hydrogen (secondary N) is 2. The third-order valence-corrected chi connectivity index (χ3v) is 8.21. The van der Waals surface area contributed by atoms with E-state index in [1.807, 2.05) is 12.1 Å². The van der Waals surface area contributed by atoms with Crippen LogP contribution in [0.4, 0.5) is 11.4 Å². The Labute approximate surface area is 201 Å². The summed E-state index contributed by atoms with van der Waals surface area (Å²) in [5.74, 6) is -0.108. The molecule has 0 atom stereocenters. The van der Waals surface area contributed by atoms with Crippen LogP contribution < -0.4 is 18.9 Å². The summed E-state index contributed by atoms with van der Waals surface area (Å²) < 4.78 is 69.2. The van der Waals surface area contributed by atoms with Gasteiger partial charge in [0.2, 0.25) is 0 Å². The predicted octanol–water partition coefficient (Wildman–Crippen LogP) is 4.54. The van der Waals surface area contributed by atoms with Crippen molar-refractivity contribution in [1.29, 1.82) is 0 Å². The van der Waals surface area contributed by atoms with Gasteiger partial charge in [0.1, 0.15) is 21.3 Å². The highest BCUT2D eigenvalue weighted by Crippen LogP contribution is 2.37. The van der Waals surface area contributed by atoms with Gasteiger partial charge in [-0.1, -0.05) is 36.4 Å². The van der Waals surface area contributed by atoms with Gasteiger partial charge >= 0.3 is 0 Å². The van der Waals surface area contributed by atoms with Gasteiger partial charge in [-0.05, 0) is 56.0 Å². The highest BCUT2D eigenvalue weighted by molar-refractivity contribution is 7.93. The van der Waals surface area contributed by atoms with Crippen molar-refractivity contribution in [2.24, 2.45) is 0 Å². The number of rotatable bonds is 8. The predicted molar refractivity (Wildman–Crippen MR) is 133 cm³/mol. The Hall–Kier alpha value is -3.24. The van der Waals surface area contributed by atoms with Crippen LogP contribution >= 0.6 is 0 Å². The second-order valence-electron chi connectivity index (χ2n) is 7.90. The van der Waals surface area contributed by atoms with E-state index in [9.17, 15) is 16.8 Å². The van der Waals surface area contributed by atoms with E-state index >= 15 is 0 Å². The highest BCUT2D eigenvalue weighted by atomic mass is 32.2. The van der Waals surface area contributed by atoms with E-state index < -0.39 is 20.0 Å². The van der Waals surface area contributed by atoms with Gasteiger partial charge in [-0.15, -0.1) is 0 Å². The normalized spacial score (nSPS) is 11.7. The van der Waals surface area contributed by atoms with Gasteiger partial charge in [-0.3, -0.25) is 9.44 Å². The Balaban J connectivity index is 2.17. The third-order valence-electron chi connectivity index (χ3n) is 5.46. The molecule has 3 aromatic rings. The smallest absolute Gasteiger partial charge is 0.265 e. The Morgan fingerprint density at radius 2 is 0.912 bits per heavy atom. The SMILES string of the molecule is COc1cc(OC)c(S(=O)(=O)Nc2c(C)cccc2C)cc1S(=O)(=O)Nc1c(C)cccc1C. The molecule has 0 bridgehead atoms. The first-order valence-electron chi connectivity index (χ1n) is 10.4. The molecule has 0 amide bonds. The maximum absolute atomic E-state index is 13.4. The molecule has 0 unspecified atom stereocenters. The summed E-state index contributed by atoms with van der Waals surface area (Å²) in [6.45, 7) is 7.11. The zero-order valence-corrected chi connectivity index (χ0v) is 21.5. The highest BCUT2D eigenvalue weighted by Gasteiger charge is 2.29. The Morgan fingerprint density at radius 3 is 1.21 bits per heavy atom. The minimum absolute atomic E-state index is 0.0541. The van der Waals surface area contributed by atoms with E-state index in [4.69, 9.17) is 9.47 Å². The molecule has 2 N–H and O–H groups in total. The maximum atomic E-state index is 13.4. The van der Waals surface area contributed by atoms with Crippen molar-refractivity contribution in [3.63, 3.8) is 0 Å². The van der Waals surface area contributed by atoms with E-state index in [-0.39, 0.29) is 21.3 Å². The number of ether oxygens (including phenoxy) is 2. The number of sulfonamides is 2. The molecule has 182 valence electrons. The lowest BCUT2D eigenvalue weighted by atomic mass is 10.1. The van der Waals surface area contributed by atoms with E-state index in [2.05, 4.69) is 9.44 Å². The lowest BCUT2D eigenvalue weighted by Crippen LogP contribution is -2.19. The van der Waals surface area contributed by atoms with Crippen molar-refractivity contribution in [3.8, 4) is 11.5 Å². The zero-order chi connectivity index (χ0) is 25.3. The zero-order valence-electron chi connectivity index (χ0n) is 19.9. The fourth-order valence-corrected chi connectivity index (χ4v) is 6.43. The molecule has 3 rings (SSSR count). The molecule has 0 aliphatic heterocycles. The maximum Gasteiger partial charge on any atom is 0.265 e. The molecule has 3 aromatic carbocycles. The fourth-order valence-electron chi connectivity index (χ4n) is 3.59. The molecule has 0 fully saturated rings. The van der Waals surface area contributed by atoms with Crippen molar-refractivity contribution in [1.82, 2.24) is 0 Å². The van der Waals surface area contributed by atoms with Crippen LogP contribution in [0.2, 0.25) is 0 Å². The van der Waals surface area contributed by atoms with Crippen molar-refractivity contribution < 1.29 is 26.3 Å². The molecule has 0 spiro atoms. The number of benzene rings is 3. The van der Waals surface area contributed by atoms with Crippen molar-refractivity contribution in [2.75, 3.05) is 23.7 Å². The topological polar surface area (TPSA) is 111 Å². The van der Waals surface area contributed by atoms with Crippen LogP contribution in [0.15, 0.2) is 58.3 Å². The fraction of sp³-hybridized carbons (Fsp3) is 0.250. The molecule has 0 aliphatic carbocycles. The second-order valence-corrected chi connectivity index (χ2v) is 11.2. The largest absolute Gasteiger partial charge is 0.495 e. The summed E-state index contributed by atoms with van der Waals surface area (Å²) in [6.07, 6.45) is 0. The lowest BCUT2D eigenvalue weighted by molar-refractivity contribution is 0.379. The summed E-state index contributed by atoms with van der Waals surface area (Å²) in [5, 5.41) is 0. The first kappa shape index (κ1) is 25.4. The Kier molecular flexibility index (Phi) is 7.13. The van der Waals surface area contributed by atoms with Gasteiger partial charge in [0.25, 0.3) is 20.0 Å². The molecular weight excluding hydrogens is 476 g/mol. The minimum atomic E-state index is -4.22. The van der Waals surface area contributed by atoms with Crippen LogP contribution in [0.25, 0.3) is 0 Å². The van der Waals surface area contributed by atoms with E-state index in [1.54, 1.807) is 52.0 Å². The van der Waals surface area contributed by atoms with Crippen molar-refractivity contribution >= 4 is 31.4 Å². The number of aryl methyl sites for hydroxylation is 4. The average Bonchev–Trinajstić information content (AvgIpc) is 2.78. The molecule has 8 nitrogen and oxygen atoms in total. The summed E-state index contributed by atoms with van der Waals surface area (Å²) in [5.41, 5.74) is 3.72. The van der Waals surface area contributed by atoms with Crippen LogP contribution in [0.3, 0.4) is 0 Å². The second kappa shape index (κ2) is 9.55. The van der Waals surface area contributed by atoms with Gasteiger partial charge in [-0.2, -0.15) is 0 Å². The van der Waals surface area contributed by atoms with E-state index in [0.29, 0.717) is 11.4 Å². The molecule has 10 heteroatoms. The summed E-state index contributed by atoms with van der Waals surface area (Å²) in [4.78, 5) is -0.666. The molecule has 34 heavy (non-hydrogen) atoms. The number of hydrogen-bond donors (Lipinski definition) is 2. The van der Waals surface area contributed by atoms with Gasteiger partial charge in [0, 0.05) is 6.07 Å². The molecule has 0 heterocycles. The third kappa shape index (κ3) is 4.97. The van der Waals surface area contributed by atoms with Gasteiger partial charge in [-0.25, -0.2) is 16.8 Å². The number of methoxy groups -OCH3 is 2. The van der Waals surface area contributed by atoms with Crippen LogP contribution in [0.1, 0.15) is 22.3 Å². The Bertz CT molecular complexity index is 1300. The molecule has 0 saturated carbocycles. The molecule has 0 aromatic heterocycles. The molecule has 0 aliphatic rings.